The number of benzene rings is 1. The zero-order valence-corrected chi connectivity index (χ0v) is 12.2. The summed E-state index contributed by atoms with van der Waals surface area (Å²) in [6.45, 7) is 4.08. The van der Waals surface area contributed by atoms with Crippen molar-refractivity contribution < 1.29 is 14.6 Å². The molecule has 1 heterocycles. The van der Waals surface area contributed by atoms with Gasteiger partial charge in [0.2, 0.25) is 0 Å². The first-order chi connectivity index (χ1) is 8.61. The van der Waals surface area contributed by atoms with E-state index in [1.807, 2.05) is 26.1 Å². The normalized spacial score (nSPS) is 15.8. The molecule has 1 atom stereocenters. The van der Waals surface area contributed by atoms with Gasteiger partial charge in [0.15, 0.2) is 11.5 Å². The highest BCUT2D eigenvalue weighted by atomic mass is 79.9. The van der Waals surface area contributed by atoms with Crippen molar-refractivity contribution in [2.24, 2.45) is 0 Å². The summed E-state index contributed by atoms with van der Waals surface area (Å²) >= 11 is 3.55. The van der Waals surface area contributed by atoms with Crippen molar-refractivity contribution in [1.82, 2.24) is 4.90 Å². The van der Waals surface area contributed by atoms with Gasteiger partial charge in [0.25, 0.3) is 0 Å². The maximum absolute atomic E-state index is 9.15. The second kappa shape index (κ2) is 5.91. The molecule has 0 aromatic heterocycles. The molecule has 1 aliphatic heterocycles. The molecule has 0 saturated carbocycles. The van der Waals surface area contributed by atoms with Crippen molar-refractivity contribution in [3.05, 3.63) is 22.2 Å². The van der Waals surface area contributed by atoms with Crippen LogP contribution >= 0.6 is 15.9 Å². The standard InChI is InChI=1S/C13H18BrNO3/c1-9(8-16)15(2)7-10-5-12-13(6-11(10)14)18-4-3-17-12/h5-6,9,16H,3-4,7-8H2,1-2H3. The first kappa shape index (κ1) is 13.6. The van der Waals surface area contributed by atoms with Gasteiger partial charge < -0.3 is 14.6 Å². The quantitative estimate of drug-likeness (QED) is 0.923. The zero-order chi connectivity index (χ0) is 13.1. The Hall–Kier alpha value is -0.780. The van der Waals surface area contributed by atoms with Crippen LogP contribution < -0.4 is 9.47 Å². The van der Waals surface area contributed by atoms with E-state index in [2.05, 4.69) is 20.8 Å². The Morgan fingerprint density at radius 2 is 1.94 bits per heavy atom. The Balaban J connectivity index is 2.18. The molecule has 0 bridgehead atoms. The van der Waals surface area contributed by atoms with Crippen LogP contribution in [-0.4, -0.2) is 42.9 Å². The zero-order valence-electron chi connectivity index (χ0n) is 10.6. The van der Waals surface area contributed by atoms with E-state index < -0.39 is 0 Å². The van der Waals surface area contributed by atoms with E-state index in [1.54, 1.807) is 0 Å². The molecule has 0 aliphatic carbocycles. The van der Waals surface area contributed by atoms with Crippen molar-refractivity contribution in [3.8, 4) is 11.5 Å². The molecule has 0 saturated heterocycles. The number of hydrogen-bond donors (Lipinski definition) is 1. The highest BCUT2D eigenvalue weighted by molar-refractivity contribution is 9.10. The summed E-state index contributed by atoms with van der Waals surface area (Å²) in [7, 11) is 1.99. The SMILES string of the molecule is CC(CO)N(C)Cc1cc2c(cc1Br)OCCO2. The first-order valence-corrected chi connectivity index (χ1v) is 6.80. The van der Waals surface area contributed by atoms with Gasteiger partial charge in [-0.15, -0.1) is 0 Å². The molecule has 5 heteroatoms. The number of aliphatic hydroxyl groups excluding tert-OH is 1. The van der Waals surface area contributed by atoms with Crippen LogP contribution in [0.15, 0.2) is 16.6 Å². The largest absolute Gasteiger partial charge is 0.486 e. The number of hydrogen-bond acceptors (Lipinski definition) is 4. The van der Waals surface area contributed by atoms with E-state index in [-0.39, 0.29) is 12.6 Å². The van der Waals surface area contributed by atoms with E-state index in [0.717, 1.165) is 28.1 Å². The van der Waals surface area contributed by atoms with Crippen molar-refractivity contribution in [2.75, 3.05) is 26.9 Å². The third-order valence-electron chi connectivity index (χ3n) is 3.15. The Morgan fingerprint density at radius 3 is 2.56 bits per heavy atom. The Morgan fingerprint density at radius 1 is 1.33 bits per heavy atom. The summed E-state index contributed by atoms with van der Waals surface area (Å²) in [6.07, 6.45) is 0. The van der Waals surface area contributed by atoms with E-state index in [4.69, 9.17) is 14.6 Å². The predicted octanol–water partition coefficient (Wildman–Crippen LogP) is 2.03. The van der Waals surface area contributed by atoms with E-state index in [9.17, 15) is 0 Å². The minimum Gasteiger partial charge on any atom is -0.486 e. The smallest absolute Gasteiger partial charge is 0.162 e. The summed E-state index contributed by atoms with van der Waals surface area (Å²) in [5, 5.41) is 9.15. The summed E-state index contributed by atoms with van der Waals surface area (Å²) in [6, 6.07) is 4.07. The summed E-state index contributed by atoms with van der Waals surface area (Å²) in [4.78, 5) is 2.09. The minimum atomic E-state index is 0.130. The van der Waals surface area contributed by atoms with Crippen LogP contribution in [0, 0.1) is 0 Å². The first-order valence-electron chi connectivity index (χ1n) is 6.01. The molecule has 1 N–H and O–H groups in total. The van der Waals surface area contributed by atoms with Crippen LogP contribution in [0.1, 0.15) is 12.5 Å². The molecule has 0 spiro atoms. The van der Waals surface area contributed by atoms with Crippen LogP contribution in [0.4, 0.5) is 0 Å². The van der Waals surface area contributed by atoms with Gasteiger partial charge >= 0.3 is 0 Å². The lowest BCUT2D eigenvalue weighted by atomic mass is 10.1. The molecule has 0 fully saturated rings. The summed E-state index contributed by atoms with van der Waals surface area (Å²) < 4.78 is 12.1. The fourth-order valence-corrected chi connectivity index (χ4v) is 2.24. The molecule has 1 aromatic carbocycles. The van der Waals surface area contributed by atoms with Gasteiger partial charge in [0.05, 0.1) is 6.61 Å². The van der Waals surface area contributed by atoms with Gasteiger partial charge in [-0.2, -0.15) is 0 Å². The number of nitrogens with zero attached hydrogens (tertiary/aromatic N) is 1. The molecular weight excluding hydrogens is 298 g/mol. The molecule has 100 valence electrons. The number of aliphatic hydroxyl groups is 1. The fraction of sp³-hybridized carbons (Fsp3) is 0.538. The minimum absolute atomic E-state index is 0.130. The molecule has 18 heavy (non-hydrogen) atoms. The van der Waals surface area contributed by atoms with Gasteiger partial charge in [-0.05, 0) is 31.7 Å². The molecule has 1 unspecified atom stereocenters. The molecular formula is C13H18BrNO3. The molecule has 0 radical (unpaired) electrons. The van der Waals surface area contributed by atoms with E-state index in [0.29, 0.717) is 13.2 Å². The maximum atomic E-state index is 9.15. The molecule has 1 aliphatic rings. The van der Waals surface area contributed by atoms with Gasteiger partial charge in [-0.1, -0.05) is 15.9 Å². The van der Waals surface area contributed by atoms with Crippen molar-refractivity contribution in [1.29, 1.82) is 0 Å². The van der Waals surface area contributed by atoms with Crippen molar-refractivity contribution in [2.45, 2.75) is 19.5 Å². The lowest BCUT2D eigenvalue weighted by molar-refractivity contribution is 0.152. The molecule has 4 nitrogen and oxygen atoms in total. The highest BCUT2D eigenvalue weighted by Gasteiger charge is 2.17. The van der Waals surface area contributed by atoms with E-state index in [1.165, 1.54) is 0 Å². The van der Waals surface area contributed by atoms with Gasteiger partial charge in [-0.3, -0.25) is 4.90 Å². The number of halogens is 1. The van der Waals surface area contributed by atoms with Gasteiger partial charge in [0.1, 0.15) is 13.2 Å². The van der Waals surface area contributed by atoms with Crippen LogP contribution in [0.2, 0.25) is 0 Å². The Kier molecular flexibility index (Phi) is 4.48. The number of rotatable bonds is 4. The average Bonchev–Trinajstić information content (AvgIpc) is 2.38. The van der Waals surface area contributed by atoms with Gasteiger partial charge in [0, 0.05) is 17.1 Å². The lowest BCUT2D eigenvalue weighted by Crippen LogP contribution is -2.31. The van der Waals surface area contributed by atoms with Crippen LogP contribution in [0.25, 0.3) is 0 Å². The second-order valence-electron chi connectivity index (χ2n) is 4.53. The van der Waals surface area contributed by atoms with Crippen LogP contribution in [0.3, 0.4) is 0 Å². The number of ether oxygens (including phenoxy) is 2. The summed E-state index contributed by atoms with van der Waals surface area (Å²) in [5.41, 5.74) is 1.13. The fourth-order valence-electron chi connectivity index (χ4n) is 1.79. The van der Waals surface area contributed by atoms with Crippen LogP contribution in [0.5, 0.6) is 11.5 Å². The topological polar surface area (TPSA) is 41.9 Å². The highest BCUT2D eigenvalue weighted by Crippen LogP contribution is 2.35. The van der Waals surface area contributed by atoms with Crippen molar-refractivity contribution in [3.63, 3.8) is 0 Å². The summed E-state index contributed by atoms with van der Waals surface area (Å²) in [5.74, 6) is 1.58. The number of likely N-dealkylation sites (N-methyl/N-ethyl adjacent to an activating group) is 1. The average molecular weight is 316 g/mol. The third-order valence-corrected chi connectivity index (χ3v) is 3.89. The van der Waals surface area contributed by atoms with Crippen molar-refractivity contribution >= 4 is 15.9 Å². The maximum Gasteiger partial charge on any atom is 0.162 e. The number of fused-ring (bicyclic) bond motifs is 1. The van der Waals surface area contributed by atoms with E-state index >= 15 is 0 Å². The molecule has 2 rings (SSSR count). The molecule has 1 aromatic rings. The second-order valence-corrected chi connectivity index (χ2v) is 5.39. The molecule has 0 amide bonds. The monoisotopic (exact) mass is 315 g/mol. The van der Waals surface area contributed by atoms with Gasteiger partial charge in [-0.25, -0.2) is 0 Å². The Bertz CT molecular complexity index is 425. The van der Waals surface area contributed by atoms with Crippen LogP contribution in [-0.2, 0) is 6.54 Å². The third kappa shape index (κ3) is 2.96. The Labute approximate surface area is 116 Å². The predicted molar refractivity (Wildman–Crippen MR) is 73.1 cm³/mol. The lowest BCUT2D eigenvalue weighted by Gasteiger charge is -2.25.